The predicted molar refractivity (Wildman–Crippen MR) is 65.4 cm³/mol. The summed E-state index contributed by atoms with van der Waals surface area (Å²) in [6.45, 7) is 0. The number of nitriles is 1. The second-order valence-corrected chi connectivity index (χ2v) is 4.11. The lowest BCUT2D eigenvalue weighted by molar-refractivity contribution is 1.47. The maximum absolute atomic E-state index is 8.98. The van der Waals surface area contributed by atoms with E-state index in [1.54, 1.807) is 30.3 Å². The second-order valence-electron chi connectivity index (χ2n) is 3.24. The summed E-state index contributed by atoms with van der Waals surface area (Å²) in [4.78, 5) is 0. The van der Waals surface area contributed by atoms with E-state index in [0.29, 0.717) is 15.6 Å². The fourth-order valence-electron chi connectivity index (χ4n) is 1.48. The van der Waals surface area contributed by atoms with Crippen LogP contribution in [-0.2, 0) is 0 Å². The first-order valence-corrected chi connectivity index (χ1v) is 5.33. The molecule has 3 heteroatoms. The van der Waals surface area contributed by atoms with Gasteiger partial charge in [-0.15, -0.1) is 0 Å². The monoisotopic (exact) mass is 246 g/mol. The summed E-state index contributed by atoms with van der Waals surface area (Å²) < 4.78 is 0. The Hall–Kier alpha value is -1.49. The molecule has 0 spiro atoms. The average molecular weight is 247 g/mol. The van der Waals surface area contributed by atoms with Crippen LogP contribution in [0.15, 0.2) is 36.4 Å². The van der Waals surface area contributed by atoms with Gasteiger partial charge in [0.2, 0.25) is 0 Å². The molecule has 0 bridgehead atoms. The van der Waals surface area contributed by atoms with Crippen molar-refractivity contribution in [1.29, 1.82) is 5.26 Å². The number of benzene rings is 2. The van der Waals surface area contributed by atoms with Gasteiger partial charge in [0.05, 0.1) is 11.6 Å². The van der Waals surface area contributed by atoms with Crippen LogP contribution in [0.1, 0.15) is 5.56 Å². The molecule has 0 N–H and O–H groups in total. The second kappa shape index (κ2) is 4.57. The third-order valence-electron chi connectivity index (χ3n) is 2.16. The van der Waals surface area contributed by atoms with Gasteiger partial charge in [0, 0.05) is 10.0 Å². The number of nitrogens with zero attached hydrogens (tertiary/aromatic N) is 1. The van der Waals surface area contributed by atoms with E-state index in [1.807, 2.05) is 6.07 Å². The Morgan fingerprint density at radius 3 is 2.44 bits per heavy atom. The van der Waals surface area contributed by atoms with Gasteiger partial charge in [-0.3, -0.25) is 0 Å². The van der Waals surface area contributed by atoms with Crippen molar-refractivity contribution in [2.75, 3.05) is 0 Å². The third kappa shape index (κ3) is 2.19. The normalized spacial score (nSPS) is 9.81. The smallest absolute Gasteiger partial charge is 0.0998 e. The van der Waals surface area contributed by atoms with Gasteiger partial charge in [0.15, 0.2) is 0 Å². The minimum atomic E-state index is 0.555. The lowest BCUT2D eigenvalue weighted by Crippen LogP contribution is -1.84. The molecule has 0 aliphatic carbocycles. The summed E-state index contributed by atoms with van der Waals surface area (Å²) >= 11 is 11.8. The minimum absolute atomic E-state index is 0.555. The van der Waals surface area contributed by atoms with Crippen LogP contribution in [0.4, 0.5) is 0 Å². The van der Waals surface area contributed by atoms with Gasteiger partial charge in [-0.1, -0.05) is 35.3 Å². The fraction of sp³-hybridized carbons (Fsp3) is 0. The summed E-state index contributed by atoms with van der Waals surface area (Å²) in [6.07, 6.45) is 0. The Labute approximate surface area is 104 Å². The Morgan fingerprint density at radius 1 is 1.12 bits per heavy atom. The van der Waals surface area contributed by atoms with Crippen LogP contribution in [0.2, 0.25) is 10.0 Å². The fourth-order valence-corrected chi connectivity index (χ4v) is 2.01. The van der Waals surface area contributed by atoms with Crippen molar-refractivity contribution in [3.63, 3.8) is 0 Å². The third-order valence-corrected chi connectivity index (χ3v) is 2.59. The molecule has 0 unspecified atom stereocenters. The van der Waals surface area contributed by atoms with Crippen molar-refractivity contribution in [2.45, 2.75) is 0 Å². The summed E-state index contributed by atoms with van der Waals surface area (Å²) in [6, 6.07) is 15.4. The van der Waals surface area contributed by atoms with E-state index in [0.717, 1.165) is 11.1 Å². The molecule has 0 aliphatic heterocycles. The van der Waals surface area contributed by atoms with Crippen LogP contribution in [-0.4, -0.2) is 0 Å². The summed E-state index contributed by atoms with van der Waals surface area (Å²) in [7, 11) is 0. The quantitative estimate of drug-likeness (QED) is 0.735. The predicted octanol–water partition coefficient (Wildman–Crippen LogP) is 4.33. The maximum Gasteiger partial charge on any atom is 0.0998 e. The Bertz CT molecular complexity index is 550. The van der Waals surface area contributed by atoms with Crippen molar-refractivity contribution >= 4 is 23.2 Å². The summed E-state index contributed by atoms with van der Waals surface area (Å²) in [5.74, 6) is 0. The molecule has 0 saturated heterocycles. The molecule has 1 radical (unpaired) electrons. The zero-order chi connectivity index (χ0) is 11.5. The van der Waals surface area contributed by atoms with Crippen LogP contribution >= 0.6 is 23.2 Å². The molecule has 1 nitrogen and oxygen atoms in total. The van der Waals surface area contributed by atoms with Crippen LogP contribution < -0.4 is 0 Å². The van der Waals surface area contributed by atoms with Crippen molar-refractivity contribution < 1.29 is 0 Å². The Balaban J connectivity index is 2.63. The van der Waals surface area contributed by atoms with Crippen LogP contribution in [0.25, 0.3) is 11.1 Å². The number of hydrogen-bond donors (Lipinski definition) is 0. The number of hydrogen-bond acceptors (Lipinski definition) is 1. The van der Waals surface area contributed by atoms with E-state index in [2.05, 4.69) is 12.1 Å². The average Bonchev–Trinajstić information content (AvgIpc) is 2.27. The lowest BCUT2D eigenvalue weighted by atomic mass is 10.0. The molecule has 0 aliphatic rings. The topological polar surface area (TPSA) is 23.8 Å². The highest BCUT2D eigenvalue weighted by Gasteiger charge is 2.05. The van der Waals surface area contributed by atoms with Gasteiger partial charge in [-0.05, 0) is 41.5 Å². The van der Waals surface area contributed by atoms with Gasteiger partial charge < -0.3 is 0 Å². The van der Waals surface area contributed by atoms with Crippen molar-refractivity contribution in [1.82, 2.24) is 0 Å². The first-order valence-electron chi connectivity index (χ1n) is 4.57. The van der Waals surface area contributed by atoms with Gasteiger partial charge in [0.25, 0.3) is 0 Å². The molecule has 0 saturated carbocycles. The van der Waals surface area contributed by atoms with E-state index >= 15 is 0 Å². The molecule has 2 rings (SSSR count). The van der Waals surface area contributed by atoms with E-state index < -0.39 is 0 Å². The largest absolute Gasteiger partial charge is 0.192 e. The molecule has 16 heavy (non-hydrogen) atoms. The zero-order valence-corrected chi connectivity index (χ0v) is 9.68. The highest BCUT2D eigenvalue weighted by atomic mass is 35.5. The Morgan fingerprint density at radius 2 is 1.81 bits per heavy atom. The highest BCUT2D eigenvalue weighted by Crippen LogP contribution is 2.29. The summed E-state index contributed by atoms with van der Waals surface area (Å²) in [5.41, 5.74) is 2.20. The van der Waals surface area contributed by atoms with Gasteiger partial charge in [-0.2, -0.15) is 5.26 Å². The molecule has 0 heterocycles. The summed E-state index contributed by atoms with van der Waals surface area (Å²) in [5, 5.41) is 10.1. The van der Waals surface area contributed by atoms with Crippen LogP contribution in [0.5, 0.6) is 0 Å². The van der Waals surface area contributed by atoms with Crippen molar-refractivity contribution in [3.05, 3.63) is 58.1 Å². The van der Waals surface area contributed by atoms with Crippen molar-refractivity contribution in [3.8, 4) is 17.2 Å². The standard InChI is InChI=1S/C13H6Cl2N/c14-11-5-10(6-12(15)7-11)13-4-2-1-3-9(13)8-16/h2-7H. The van der Waals surface area contributed by atoms with Gasteiger partial charge in [0.1, 0.15) is 0 Å². The minimum Gasteiger partial charge on any atom is -0.192 e. The SMILES string of the molecule is N#Cc1c[c]ccc1-c1cc(Cl)cc(Cl)c1. The first-order chi connectivity index (χ1) is 7.70. The molecule has 0 aromatic heterocycles. The molecule has 0 atom stereocenters. The molecule has 2 aromatic carbocycles. The lowest BCUT2D eigenvalue weighted by Gasteiger charge is -2.05. The molecule has 2 aromatic rings. The van der Waals surface area contributed by atoms with Gasteiger partial charge >= 0.3 is 0 Å². The molecular weight excluding hydrogens is 241 g/mol. The first kappa shape index (κ1) is 11.0. The van der Waals surface area contributed by atoms with Crippen LogP contribution in [0, 0.1) is 17.4 Å². The van der Waals surface area contributed by atoms with E-state index in [4.69, 9.17) is 28.5 Å². The number of rotatable bonds is 1. The molecule has 0 fully saturated rings. The van der Waals surface area contributed by atoms with E-state index in [9.17, 15) is 0 Å². The van der Waals surface area contributed by atoms with E-state index in [1.165, 1.54) is 0 Å². The van der Waals surface area contributed by atoms with Gasteiger partial charge in [-0.25, -0.2) is 0 Å². The zero-order valence-electron chi connectivity index (χ0n) is 8.17. The Kier molecular flexibility index (Phi) is 3.14. The van der Waals surface area contributed by atoms with E-state index in [-0.39, 0.29) is 0 Å². The molecular formula is C13H6Cl2N. The van der Waals surface area contributed by atoms with Crippen molar-refractivity contribution in [2.24, 2.45) is 0 Å². The number of halogens is 2. The van der Waals surface area contributed by atoms with Crippen LogP contribution in [0.3, 0.4) is 0 Å². The molecule has 77 valence electrons. The molecule has 0 amide bonds. The maximum atomic E-state index is 8.98. The highest BCUT2D eigenvalue weighted by molar-refractivity contribution is 6.35.